The standard InChI is InChI=1S/C16H23FO3/c1-11-5-4-8-16(10-11,20-3)15(18)12-6-7-14(19-2)13(17)9-12/h6-7,9,11,15,18H,4-5,8,10H2,1-3H3. The third-order valence-electron chi connectivity index (χ3n) is 4.39. The van der Waals surface area contributed by atoms with Crippen molar-refractivity contribution < 1.29 is 19.0 Å². The zero-order chi connectivity index (χ0) is 14.8. The molecule has 0 aliphatic heterocycles. The van der Waals surface area contributed by atoms with Gasteiger partial charge >= 0.3 is 0 Å². The maximum atomic E-state index is 13.8. The highest BCUT2D eigenvalue weighted by molar-refractivity contribution is 5.31. The summed E-state index contributed by atoms with van der Waals surface area (Å²) in [5.74, 6) is 0.227. The van der Waals surface area contributed by atoms with Crippen LogP contribution in [-0.2, 0) is 4.74 Å². The molecular weight excluding hydrogens is 259 g/mol. The number of hydrogen-bond donors (Lipinski definition) is 1. The molecular formula is C16H23FO3. The van der Waals surface area contributed by atoms with E-state index in [0.717, 1.165) is 25.7 Å². The fraction of sp³-hybridized carbons (Fsp3) is 0.625. The Balaban J connectivity index is 2.28. The molecule has 1 aliphatic carbocycles. The molecule has 0 bridgehead atoms. The van der Waals surface area contributed by atoms with Crippen molar-refractivity contribution in [1.82, 2.24) is 0 Å². The molecule has 2 rings (SSSR count). The van der Waals surface area contributed by atoms with Gasteiger partial charge in [0.05, 0.1) is 12.7 Å². The molecule has 1 aromatic carbocycles. The fourth-order valence-electron chi connectivity index (χ4n) is 3.25. The van der Waals surface area contributed by atoms with E-state index < -0.39 is 17.5 Å². The van der Waals surface area contributed by atoms with E-state index in [1.807, 2.05) is 0 Å². The Kier molecular flexibility index (Phi) is 4.66. The molecule has 1 aliphatic rings. The first-order chi connectivity index (χ1) is 9.52. The Morgan fingerprint density at radius 3 is 2.70 bits per heavy atom. The molecule has 112 valence electrons. The quantitative estimate of drug-likeness (QED) is 0.919. The molecule has 3 unspecified atom stereocenters. The molecule has 1 N–H and O–H groups in total. The van der Waals surface area contributed by atoms with Gasteiger partial charge in [-0.3, -0.25) is 0 Å². The van der Waals surface area contributed by atoms with Crippen LogP contribution in [0.15, 0.2) is 18.2 Å². The average Bonchev–Trinajstić information content (AvgIpc) is 2.46. The summed E-state index contributed by atoms with van der Waals surface area (Å²) in [7, 11) is 3.05. The largest absolute Gasteiger partial charge is 0.494 e. The predicted octanol–water partition coefficient (Wildman–Crippen LogP) is 3.46. The lowest BCUT2D eigenvalue weighted by Gasteiger charge is -2.42. The van der Waals surface area contributed by atoms with Crippen LogP contribution in [0.4, 0.5) is 4.39 Å². The lowest BCUT2D eigenvalue weighted by atomic mass is 9.74. The summed E-state index contributed by atoms with van der Waals surface area (Å²) in [6.45, 7) is 2.16. The van der Waals surface area contributed by atoms with Gasteiger partial charge < -0.3 is 14.6 Å². The number of halogens is 1. The van der Waals surface area contributed by atoms with Crippen LogP contribution in [0.1, 0.15) is 44.3 Å². The topological polar surface area (TPSA) is 38.7 Å². The first-order valence-electron chi connectivity index (χ1n) is 7.09. The summed E-state index contributed by atoms with van der Waals surface area (Å²) in [5, 5.41) is 10.7. The number of rotatable bonds is 4. The molecule has 0 spiro atoms. The van der Waals surface area contributed by atoms with E-state index in [4.69, 9.17) is 9.47 Å². The first kappa shape index (κ1) is 15.3. The average molecular weight is 282 g/mol. The van der Waals surface area contributed by atoms with Crippen LogP contribution in [0, 0.1) is 11.7 Å². The second-order valence-corrected chi connectivity index (χ2v) is 5.77. The fourth-order valence-corrected chi connectivity index (χ4v) is 3.25. The van der Waals surface area contributed by atoms with E-state index >= 15 is 0 Å². The predicted molar refractivity (Wildman–Crippen MR) is 75.3 cm³/mol. The smallest absolute Gasteiger partial charge is 0.165 e. The van der Waals surface area contributed by atoms with Crippen LogP contribution in [0.3, 0.4) is 0 Å². The highest BCUT2D eigenvalue weighted by Crippen LogP contribution is 2.43. The molecule has 20 heavy (non-hydrogen) atoms. The normalized spacial score (nSPS) is 28.1. The summed E-state index contributed by atoms with van der Waals surface area (Å²) in [6.07, 6.45) is 2.93. The van der Waals surface area contributed by atoms with E-state index in [2.05, 4.69) is 6.92 Å². The second kappa shape index (κ2) is 6.10. The van der Waals surface area contributed by atoms with Crippen molar-refractivity contribution >= 4 is 0 Å². The molecule has 1 fully saturated rings. The Hall–Kier alpha value is -1.13. The van der Waals surface area contributed by atoms with Gasteiger partial charge in [-0.1, -0.05) is 25.8 Å². The molecule has 1 aromatic rings. The van der Waals surface area contributed by atoms with Crippen molar-refractivity contribution in [3.8, 4) is 5.75 Å². The third kappa shape index (κ3) is 2.81. The highest BCUT2D eigenvalue weighted by atomic mass is 19.1. The Morgan fingerprint density at radius 2 is 2.15 bits per heavy atom. The summed E-state index contributed by atoms with van der Waals surface area (Å²) in [5.41, 5.74) is -0.0714. The molecule has 0 amide bonds. The van der Waals surface area contributed by atoms with Crippen molar-refractivity contribution in [3.63, 3.8) is 0 Å². The number of benzene rings is 1. The zero-order valence-corrected chi connectivity index (χ0v) is 12.4. The summed E-state index contributed by atoms with van der Waals surface area (Å²) in [6, 6.07) is 4.58. The van der Waals surface area contributed by atoms with Crippen molar-refractivity contribution in [2.45, 2.75) is 44.3 Å². The van der Waals surface area contributed by atoms with Gasteiger partial charge in [0.25, 0.3) is 0 Å². The van der Waals surface area contributed by atoms with Gasteiger partial charge in [0.15, 0.2) is 11.6 Å². The number of methoxy groups -OCH3 is 2. The minimum absolute atomic E-state index is 0.185. The van der Waals surface area contributed by atoms with Crippen LogP contribution < -0.4 is 4.74 Å². The van der Waals surface area contributed by atoms with Gasteiger partial charge in [0.1, 0.15) is 6.10 Å². The molecule has 4 heteroatoms. The van der Waals surface area contributed by atoms with Crippen LogP contribution in [0.2, 0.25) is 0 Å². The monoisotopic (exact) mass is 282 g/mol. The van der Waals surface area contributed by atoms with Crippen LogP contribution in [-0.4, -0.2) is 24.9 Å². The van der Waals surface area contributed by atoms with Gasteiger partial charge in [-0.25, -0.2) is 4.39 Å². The van der Waals surface area contributed by atoms with E-state index in [9.17, 15) is 9.50 Å². The van der Waals surface area contributed by atoms with Gasteiger partial charge in [-0.15, -0.1) is 0 Å². The van der Waals surface area contributed by atoms with E-state index in [0.29, 0.717) is 11.5 Å². The maximum absolute atomic E-state index is 13.8. The molecule has 3 nitrogen and oxygen atoms in total. The Bertz CT molecular complexity index is 463. The molecule has 0 aromatic heterocycles. The lowest BCUT2D eigenvalue weighted by molar-refractivity contribution is -0.134. The van der Waals surface area contributed by atoms with Gasteiger partial charge in [0, 0.05) is 7.11 Å². The minimum Gasteiger partial charge on any atom is -0.494 e. The van der Waals surface area contributed by atoms with Crippen LogP contribution in [0.25, 0.3) is 0 Å². The second-order valence-electron chi connectivity index (χ2n) is 5.77. The number of aliphatic hydroxyl groups is 1. The highest BCUT2D eigenvalue weighted by Gasteiger charge is 2.42. The molecule has 0 saturated heterocycles. The third-order valence-corrected chi connectivity index (χ3v) is 4.39. The minimum atomic E-state index is -0.823. The lowest BCUT2D eigenvalue weighted by Crippen LogP contribution is -2.42. The van der Waals surface area contributed by atoms with Crippen molar-refractivity contribution in [1.29, 1.82) is 0 Å². The SMILES string of the molecule is COc1ccc(C(O)C2(OC)CCCC(C)C2)cc1F. The van der Waals surface area contributed by atoms with Crippen molar-refractivity contribution in [3.05, 3.63) is 29.6 Å². The first-order valence-corrected chi connectivity index (χ1v) is 7.09. The number of hydrogen-bond acceptors (Lipinski definition) is 3. The van der Waals surface area contributed by atoms with E-state index in [1.54, 1.807) is 19.2 Å². The number of aliphatic hydroxyl groups excluding tert-OH is 1. The molecule has 0 heterocycles. The van der Waals surface area contributed by atoms with Crippen molar-refractivity contribution in [2.24, 2.45) is 5.92 Å². The summed E-state index contributed by atoms with van der Waals surface area (Å²) >= 11 is 0. The summed E-state index contributed by atoms with van der Waals surface area (Å²) in [4.78, 5) is 0. The van der Waals surface area contributed by atoms with Gasteiger partial charge in [-0.05, 0) is 36.5 Å². The Labute approximate surface area is 119 Å². The molecule has 3 atom stereocenters. The van der Waals surface area contributed by atoms with Crippen molar-refractivity contribution in [2.75, 3.05) is 14.2 Å². The van der Waals surface area contributed by atoms with Crippen LogP contribution >= 0.6 is 0 Å². The van der Waals surface area contributed by atoms with Crippen LogP contribution in [0.5, 0.6) is 5.75 Å². The van der Waals surface area contributed by atoms with Gasteiger partial charge in [0.2, 0.25) is 0 Å². The molecule has 1 saturated carbocycles. The van der Waals surface area contributed by atoms with E-state index in [-0.39, 0.29) is 5.75 Å². The van der Waals surface area contributed by atoms with E-state index in [1.165, 1.54) is 13.2 Å². The molecule has 0 radical (unpaired) electrons. The zero-order valence-electron chi connectivity index (χ0n) is 12.4. The number of ether oxygens (including phenoxy) is 2. The Morgan fingerprint density at radius 1 is 1.40 bits per heavy atom. The van der Waals surface area contributed by atoms with Gasteiger partial charge in [-0.2, -0.15) is 0 Å². The maximum Gasteiger partial charge on any atom is 0.165 e. The summed E-state index contributed by atoms with van der Waals surface area (Å²) < 4.78 is 24.4.